The van der Waals surface area contributed by atoms with E-state index >= 15 is 0 Å². The smallest absolute Gasteiger partial charge is 0.291 e. The molecule has 1 aromatic heterocycles. The molecule has 0 saturated heterocycles. The van der Waals surface area contributed by atoms with Crippen molar-refractivity contribution >= 4 is 11.6 Å². The molecule has 4 heteroatoms. The highest BCUT2D eigenvalue weighted by Gasteiger charge is 2.14. The maximum Gasteiger partial charge on any atom is 0.291 e. The third-order valence-corrected chi connectivity index (χ3v) is 3.78. The van der Waals surface area contributed by atoms with Gasteiger partial charge in [0.1, 0.15) is 11.6 Å². The third kappa shape index (κ3) is 3.38. The highest BCUT2D eigenvalue weighted by molar-refractivity contribution is 6.02. The Morgan fingerprint density at radius 2 is 1.83 bits per heavy atom. The molecular weight excluding hydrogens is 305 g/mol. The number of halogens is 1. The van der Waals surface area contributed by atoms with Crippen LogP contribution in [0, 0.1) is 5.82 Å². The molecule has 0 aliphatic rings. The SMILES string of the molecule is CC(C)c1cccc(NC(=O)c2ccc(-c3ccccc3F)o2)c1. The molecule has 0 bridgehead atoms. The number of benzene rings is 2. The average Bonchev–Trinajstić information content (AvgIpc) is 3.05. The summed E-state index contributed by atoms with van der Waals surface area (Å²) in [6.07, 6.45) is 0. The Morgan fingerprint density at radius 1 is 1.04 bits per heavy atom. The molecule has 3 nitrogen and oxygen atoms in total. The lowest BCUT2D eigenvalue weighted by Crippen LogP contribution is -2.11. The average molecular weight is 323 g/mol. The Morgan fingerprint density at radius 3 is 2.58 bits per heavy atom. The second kappa shape index (κ2) is 6.71. The molecule has 0 aliphatic carbocycles. The van der Waals surface area contributed by atoms with E-state index in [9.17, 15) is 9.18 Å². The van der Waals surface area contributed by atoms with Gasteiger partial charge in [-0.2, -0.15) is 0 Å². The Hall–Kier alpha value is -2.88. The molecule has 24 heavy (non-hydrogen) atoms. The minimum atomic E-state index is -0.386. The number of hydrogen-bond acceptors (Lipinski definition) is 2. The van der Waals surface area contributed by atoms with Gasteiger partial charge in [-0.05, 0) is 47.9 Å². The van der Waals surface area contributed by atoms with E-state index < -0.39 is 0 Å². The first-order valence-corrected chi connectivity index (χ1v) is 7.80. The molecule has 0 radical (unpaired) electrons. The molecule has 1 N–H and O–H groups in total. The summed E-state index contributed by atoms with van der Waals surface area (Å²) in [5.74, 6) is 0.0949. The van der Waals surface area contributed by atoms with Crippen molar-refractivity contribution in [2.45, 2.75) is 19.8 Å². The van der Waals surface area contributed by atoms with Crippen molar-refractivity contribution in [1.29, 1.82) is 0 Å². The summed E-state index contributed by atoms with van der Waals surface area (Å²) in [6.45, 7) is 4.18. The second-order valence-corrected chi connectivity index (χ2v) is 5.88. The number of rotatable bonds is 4. The van der Waals surface area contributed by atoms with E-state index in [1.807, 2.05) is 24.3 Å². The maximum absolute atomic E-state index is 13.8. The van der Waals surface area contributed by atoms with E-state index in [4.69, 9.17) is 4.42 Å². The molecule has 2 aromatic carbocycles. The first kappa shape index (κ1) is 16.0. The molecule has 0 aliphatic heterocycles. The quantitative estimate of drug-likeness (QED) is 0.692. The van der Waals surface area contributed by atoms with Crippen LogP contribution in [-0.2, 0) is 0 Å². The maximum atomic E-state index is 13.8. The van der Waals surface area contributed by atoms with Gasteiger partial charge >= 0.3 is 0 Å². The molecule has 0 atom stereocenters. The van der Waals surface area contributed by atoms with E-state index in [0.717, 1.165) is 5.56 Å². The number of furan rings is 1. The van der Waals surface area contributed by atoms with Crippen molar-refractivity contribution in [3.63, 3.8) is 0 Å². The Labute approximate surface area is 140 Å². The highest BCUT2D eigenvalue weighted by atomic mass is 19.1. The normalized spacial score (nSPS) is 10.8. The Bertz CT molecular complexity index is 867. The summed E-state index contributed by atoms with van der Waals surface area (Å²) in [7, 11) is 0. The van der Waals surface area contributed by atoms with Crippen LogP contribution in [0.4, 0.5) is 10.1 Å². The first-order valence-electron chi connectivity index (χ1n) is 7.80. The molecule has 1 heterocycles. The molecule has 0 spiro atoms. The van der Waals surface area contributed by atoms with Crippen molar-refractivity contribution < 1.29 is 13.6 Å². The fourth-order valence-corrected chi connectivity index (χ4v) is 2.43. The summed E-state index contributed by atoms with van der Waals surface area (Å²) in [5.41, 5.74) is 2.17. The predicted octanol–water partition coefficient (Wildman–Crippen LogP) is 5.46. The first-order chi connectivity index (χ1) is 11.5. The lowest BCUT2D eigenvalue weighted by atomic mass is 10.0. The van der Waals surface area contributed by atoms with E-state index in [-0.39, 0.29) is 17.5 Å². The monoisotopic (exact) mass is 323 g/mol. The van der Waals surface area contributed by atoms with Crippen LogP contribution < -0.4 is 5.32 Å². The number of hydrogen-bond donors (Lipinski definition) is 1. The van der Waals surface area contributed by atoms with E-state index in [1.165, 1.54) is 6.07 Å². The van der Waals surface area contributed by atoms with E-state index in [1.54, 1.807) is 30.3 Å². The van der Waals surface area contributed by atoms with Gasteiger partial charge < -0.3 is 9.73 Å². The fourth-order valence-electron chi connectivity index (χ4n) is 2.43. The second-order valence-electron chi connectivity index (χ2n) is 5.88. The molecule has 0 unspecified atom stereocenters. The zero-order valence-electron chi connectivity index (χ0n) is 13.5. The zero-order chi connectivity index (χ0) is 17.1. The van der Waals surface area contributed by atoms with Crippen LogP contribution in [0.3, 0.4) is 0 Å². The topological polar surface area (TPSA) is 42.2 Å². The summed E-state index contributed by atoms with van der Waals surface area (Å²) in [4.78, 5) is 12.3. The van der Waals surface area contributed by atoms with Crippen LogP contribution in [0.15, 0.2) is 65.1 Å². The van der Waals surface area contributed by atoms with E-state index in [2.05, 4.69) is 19.2 Å². The largest absolute Gasteiger partial charge is 0.451 e. The van der Waals surface area contributed by atoms with Crippen LogP contribution in [-0.4, -0.2) is 5.91 Å². The summed E-state index contributed by atoms with van der Waals surface area (Å²) in [5, 5.41) is 2.81. The van der Waals surface area contributed by atoms with Crippen molar-refractivity contribution in [1.82, 2.24) is 0 Å². The van der Waals surface area contributed by atoms with Gasteiger partial charge in [0, 0.05) is 5.69 Å². The van der Waals surface area contributed by atoms with Crippen molar-refractivity contribution in [2.75, 3.05) is 5.32 Å². The number of carbonyl (C=O) groups excluding carboxylic acids is 1. The zero-order valence-corrected chi connectivity index (χ0v) is 13.5. The van der Waals surface area contributed by atoms with Crippen LogP contribution in [0.2, 0.25) is 0 Å². The summed E-state index contributed by atoms with van der Waals surface area (Å²) >= 11 is 0. The summed E-state index contributed by atoms with van der Waals surface area (Å²) in [6, 6.07) is 17.1. The highest BCUT2D eigenvalue weighted by Crippen LogP contribution is 2.25. The fraction of sp³-hybridized carbons (Fsp3) is 0.150. The van der Waals surface area contributed by atoms with Gasteiger partial charge in [-0.25, -0.2) is 4.39 Å². The lowest BCUT2D eigenvalue weighted by molar-refractivity contribution is 0.0997. The van der Waals surface area contributed by atoms with Crippen LogP contribution in [0.25, 0.3) is 11.3 Å². The molecule has 3 rings (SSSR count). The molecule has 3 aromatic rings. The molecular formula is C20H18FNO2. The third-order valence-electron chi connectivity index (χ3n) is 3.78. The lowest BCUT2D eigenvalue weighted by Gasteiger charge is -2.08. The molecule has 0 fully saturated rings. The van der Waals surface area contributed by atoms with E-state index in [0.29, 0.717) is 22.9 Å². The van der Waals surface area contributed by atoms with Crippen molar-refractivity contribution in [3.8, 4) is 11.3 Å². The van der Waals surface area contributed by atoms with Gasteiger partial charge in [0.05, 0.1) is 5.56 Å². The van der Waals surface area contributed by atoms with Crippen LogP contribution in [0.1, 0.15) is 35.9 Å². The van der Waals surface area contributed by atoms with Gasteiger partial charge in [-0.1, -0.05) is 38.1 Å². The molecule has 1 amide bonds. The minimum absolute atomic E-state index is 0.142. The molecule has 0 saturated carbocycles. The van der Waals surface area contributed by atoms with Crippen molar-refractivity contribution in [3.05, 3.63) is 77.8 Å². The number of anilines is 1. The Balaban J connectivity index is 1.79. The van der Waals surface area contributed by atoms with Crippen LogP contribution >= 0.6 is 0 Å². The number of nitrogens with one attached hydrogen (secondary N) is 1. The standard InChI is InChI=1S/C20H18FNO2/c1-13(2)14-6-5-7-15(12-14)22-20(23)19-11-10-18(24-19)16-8-3-4-9-17(16)21/h3-13H,1-2H3,(H,22,23). The van der Waals surface area contributed by atoms with Gasteiger partial charge in [0.15, 0.2) is 5.76 Å². The van der Waals surface area contributed by atoms with Crippen molar-refractivity contribution in [2.24, 2.45) is 0 Å². The van der Waals surface area contributed by atoms with Gasteiger partial charge in [0.2, 0.25) is 0 Å². The van der Waals surface area contributed by atoms with Gasteiger partial charge in [-0.15, -0.1) is 0 Å². The molecule has 122 valence electrons. The van der Waals surface area contributed by atoms with Gasteiger partial charge in [0.25, 0.3) is 5.91 Å². The summed E-state index contributed by atoms with van der Waals surface area (Å²) < 4.78 is 19.3. The minimum Gasteiger partial charge on any atom is -0.451 e. The van der Waals surface area contributed by atoms with Crippen LogP contribution in [0.5, 0.6) is 0 Å². The number of carbonyl (C=O) groups is 1. The predicted molar refractivity (Wildman–Crippen MR) is 92.6 cm³/mol. The number of amides is 1. The van der Waals surface area contributed by atoms with Gasteiger partial charge in [-0.3, -0.25) is 4.79 Å². The Kier molecular flexibility index (Phi) is 4.47.